The molecule has 0 aliphatic heterocycles. The predicted molar refractivity (Wildman–Crippen MR) is 75.1 cm³/mol. The number of anilines is 1. The van der Waals surface area contributed by atoms with E-state index < -0.39 is 18.5 Å². The lowest BCUT2D eigenvalue weighted by molar-refractivity contribution is -0.143. The molecule has 1 aromatic rings. The van der Waals surface area contributed by atoms with Crippen molar-refractivity contribution in [3.05, 3.63) is 29.8 Å². The Morgan fingerprint density at radius 2 is 2.00 bits per heavy atom. The second-order valence-electron chi connectivity index (χ2n) is 4.18. The van der Waals surface area contributed by atoms with E-state index >= 15 is 0 Å². The van der Waals surface area contributed by atoms with Crippen molar-refractivity contribution in [1.82, 2.24) is 0 Å². The molecule has 7 nitrogen and oxygen atoms in total. The second-order valence-corrected chi connectivity index (χ2v) is 4.18. The van der Waals surface area contributed by atoms with Gasteiger partial charge in [-0.25, -0.2) is 4.79 Å². The largest absolute Gasteiger partial charge is 0.480 e. The number of carbonyl (C=O) groups excluding carboxylic acids is 1. The molecule has 0 aromatic heterocycles. The maximum atomic E-state index is 11.5. The zero-order valence-corrected chi connectivity index (χ0v) is 11.8. The molecule has 1 rings (SSSR count). The number of amides is 1. The van der Waals surface area contributed by atoms with Crippen molar-refractivity contribution in [2.24, 2.45) is 0 Å². The molecule has 0 atom stereocenters. The highest BCUT2D eigenvalue weighted by Gasteiger charge is 2.05. The Labute approximate surface area is 122 Å². The minimum Gasteiger partial charge on any atom is -0.480 e. The van der Waals surface area contributed by atoms with E-state index in [1.54, 1.807) is 25.3 Å². The Kier molecular flexibility index (Phi) is 8.03. The number of hydrogen-bond acceptors (Lipinski definition) is 5. The van der Waals surface area contributed by atoms with Gasteiger partial charge in [-0.15, -0.1) is 0 Å². The lowest BCUT2D eigenvalue weighted by atomic mass is 10.2. The van der Waals surface area contributed by atoms with Gasteiger partial charge in [0.2, 0.25) is 5.91 Å². The van der Waals surface area contributed by atoms with Crippen molar-refractivity contribution in [1.29, 1.82) is 0 Å². The van der Waals surface area contributed by atoms with Gasteiger partial charge in [0.1, 0.15) is 13.2 Å². The van der Waals surface area contributed by atoms with Crippen molar-refractivity contribution in [2.45, 2.75) is 6.61 Å². The third-order valence-electron chi connectivity index (χ3n) is 2.37. The molecule has 0 spiro atoms. The highest BCUT2D eigenvalue weighted by Crippen LogP contribution is 2.11. The van der Waals surface area contributed by atoms with E-state index in [-0.39, 0.29) is 6.61 Å². The molecule has 0 aliphatic carbocycles. The molecule has 0 unspecified atom stereocenters. The van der Waals surface area contributed by atoms with E-state index in [1.807, 2.05) is 6.07 Å². The van der Waals surface area contributed by atoms with Gasteiger partial charge in [-0.3, -0.25) is 4.79 Å². The Bertz CT molecular complexity index is 463. The fourth-order valence-corrected chi connectivity index (χ4v) is 1.50. The van der Waals surface area contributed by atoms with Crippen LogP contribution in [0.1, 0.15) is 5.56 Å². The maximum absolute atomic E-state index is 11.5. The molecule has 0 radical (unpaired) electrons. The van der Waals surface area contributed by atoms with Crippen LogP contribution in [0.2, 0.25) is 0 Å². The van der Waals surface area contributed by atoms with Crippen LogP contribution in [0.3, 0.4) is 0 Å². The SMILES string of the molecule is COCCOCc1cccc(NC(=O)COCC(=O)O)c1. The normalized spacial score (nSPS) is 10.3. The number of benzene rings is 1. The van der Waals surface area contributed by atoms with Crippen molar-refractivity contribution in [3.8, 4) is 0 Å². The Morgan fingerprint density at radius 3 is 2.71 bits per heavy atom. The summed E-state index contributed by atoms with van der Waals surface area (Å²) < 4.78 is 15.0. The minimum absolute atomic E-state index is 0.305. The smallest absolute Gasteiger partial charge is 0.329 e. The number of methoxy groups -OCH3 is 1. The third-order valence-corrected chi connectivity index (χ3v) is 2.37. The highest BCUT2D eigenvalue weighted by atomic mass is 16.5. The predicted octanol–water partition coefficient (Wildman–Crippen LogP) is 0.889. The minimum atomic E-state index is -1.11. The van der Waals surface area contributed by atoms with Crippen molar-refractivity contribution in [2.75, 3.05) is 38.9 Å². The number of carbonyl (C=O) groups is 2. The molecule has 7 heteroatoms. The summed E-state index contributed by atoms with van der Waals surface area (Å²) >= 11 is 0. The Morgan fingerprint density at radius 1 is 1.19 bits per heavy atom. The van der Waals surface area contributed by atoms with E-state index in [1.165, 1.54) is 0 Å². The fraction of sp³-hybridized carbons (Fsp3) is 0.429. The van der Waals surface area contributed by atoms with E-state index in [0.29, 0.717) is 25.5 Å². The molecule has 0 saturated heterocycles. The molecule has 0 bridgehead atoms. The highest BCUT2D eigenvalue weighted by molar-refractivity contribution is 5.91. The molecule has 0 fully saturated rings. The molecule has 0 saturated carbocycles. The van der Waals surface area contributed by atoms with Gasteiger partial charge in [-0.05, 0) is 17.7 Å². The van der Waals surface area contributed by atoms with Gasteiger partial charge >= 0.3 is 5.97 Å². The zero-order valence-electron chi connectivity index (χ0n) is 11.8. The van der Waals surface area contributed by atoms with Gasteiger partial charge in [-0.1, -0.05) is 12.1 Å². The lowest BCUT2D eigenvalue weighted by Gasteiger charge is -2.08. The van der Waals surface area contributed by atoms with Crippen LogP contribution in [0.5, 0.6) is 0 Å². The number of nitrogens with one attached hydrogen (secondary N) is 1. The summed E-state index contributed by atoms with van der Waals surface area (Å²) in [5.41, 5.74) is 1.52. The third kappa shape index (κ3) is 8.03. The van der Waals surface area contributed by atoms with Crippen molar-refractivity contribution < 1.29 is 28.9 Å². The first-order chi connectivity index (χ1) is 10.1. The van der Waals surface area contributed by atoms with Gasteiger partial charge in [-0.2, -0.15) is 0 Å². The van der Waals surface area contributed by atoms with Crippen LogP contribution in [0.25, 0.3) is 0 Å². The molecular weight excluding hydrogens is 278 g/mol. The van der Waals surface area contributed by atoms with Crippen molar-refractivity contribution >= 4 is 17.6 Å². The number of carboxylic acids is 1. The van der Waals surface area contributed by atoms with Gasteiger partial charge < -0.3 is 24.6 Å². The molecule has 1 aromatic carbocycles. The lowest BCUT2D eigenvalue weighted by Crippen LogP contribution is -2.20. The summed E-state index contributed by atoms with van der Waals surface area (Å²) in [6.07, 6.45) is 0. The standard InChI is InChI=1S/C14H19NO6/c1-19-5-6-20-8-11-3-2-4-12(7-11)15-13(16)9-21-10-14(17)18/h2-4,7H,5-6,8-10H2,1H3,(H,15,16)(H,17,18). The molecule has 0 heterocycles. The first kappa shape index (κ1) is 17.1. The number of rotatable bonds is 10. The summed E-state index contributed by atoms with van der Waals surface area (Å²) in [6, 6.07) is 7.18. The van der Waals surface area contributed by atoms with Crippen LogP contribution >= 0.6 is 0 Å². The number of carboxylic acid groups (broad SMARTS) is 1. The first-order valence-corrected chi connectivity index (χ1v) is 6.37. The Hall–Kier alpha value is -1.96. The summed E-state index contributed by atoms with van der Waals surface area (Å²) in [4.78, 5) is 21.8. The molecule has 21 heavy (non-hydrogen) atoms. The number of aliphatic carboxylic acids is 1. The molecule has 0 aliphatic rings. The number of ether oxygens (including phenoxy) is 3. The van der Waals surface area contributed by atoms with Crippen LogP contribution in [0.15, 0.2) is 24.3 Å². The van der Waals surface area contributed by atoms with E-state index in [2.05, 4.69) is 5.32 Å². The van der Waals surface area contributed by atoms with Gasteiger partial charge in [0.15, 0.2) is 0 Å². The summed E-state index contributed by atoms with van der Waals surface area (Å²) in [5.74, 6) is -1.52. The van der Waals surface area contributed by atoms with E-state index in [0.717, 1.165) is 5.56 Å². The van der Waals surface area contributed by atoms with Gasteiger partial charge in [0, 0.05) is 12.8 Å². The van der Waals surface area contributed by atoms with E-state index in [9.17, 15) is 9.59 Å². The van der Waals surface area contributed by atoms with Crippen molar-refractivity contribution in [3.63, 3.8) is 0 Å². The number of hydrogen-bond donors (Lipinski definition) is 2. The van der Waals surface area contributed by atoms with Crippen LogP contribution in [-0.2, 0) is 30.4 Å². The van der Waals surface area contributed by atoms with Crippen LogP contribution in [-0.4, -0.2) is 50.5 Å². The van der Waals surface area contributed by atoms with E-state index in [4.69, 9.17) is 19.3 Å². The summed E-state index contributed by atoms with van der Waals surface area (Å²) in [7, 11) is 1.60. The molecule has 1 amide bonds. The van der Waals surface area contributed by atoms with Gasteiger partial charge in [0.05, 0.1) is 19.8 Å². The average molecular weight is 297 g/mol. The van der Waals surface area contributed by atoms with Crippen LogP contribution < -0.4 is 5.32 Å². The van der Waals surface area contributed by atoms with Crippen LogP contribution in [0, 0.1) is 0 Å². The monoisotopic (exact) mass is 297 g/mol. The zero-order chi connectivity index (χ0) is 15.5. The topological polar surface area (TPSA) is 94.1 Å². The summed E-state index contributed by atoms with van der Waals surface area (Å²) in [6.45, 7) is 0.637. The quantitative estimate of drug-likeness (QED) is 0.623. The summed E-state index contributed by atoms with van der Waals surface area (Å²) in [5, 5.41) is 11.0. The molecular formula is C14H19NO6. The first-order valence-electron chi connectivity index (χ1n) is 6.37. The fourth-order valence-electron chi connectivity index (χ4n) is 1.50. The van der Waals surface area contributed by atoms with Gasteiger partial charge in [0.25, 0.3) is 0 Å². The molecule has 116 valence electrons. The maximum Gasteiger partial charge on any atom is 0.329 e. The second kappa shape index (κ2) is 9.87. The molecule has 2 N–H and O–H groups in total. The van der Waals surface area contributed by atoms with Crippen LogP contribution in [0.4, 0.5) is 5.69 Å². The Balaban J connectivity index is 2.37. The average Bonchev–Trinajstić information content (AvgIpc) is 2.43.